The fraction of sp³-hybridized carbons (Fsp3) is 0.111. The van der Waals surface area contributed by atoms with Crippen molar-refractivity contribution < 1.29 is 0 Å². The lowest BCUT2D eigenvalue weighted by Gasteiger charge is -2.04. The van der Waals surface area contributed by atoms with Crippen molar-refractivity contribution in [3.05, 3.63) is 27.5 Å². The lowest BCUT2D eigenvalue weighted by atomic mass is 10.2. The number of rotatable bonds is 1. The molecule has 0 saturated carbocycles. The Balaban J connectivity index is 2.83. The van der Waals surface area contributed by atoms with Crippen molar-refractivity contribution in [2.45, 2.75) is 10.2 Å². The Morgan fingerprint density at radius 2 is 2.23 bits per heavy atom. The van der Waals surface area contributed by atoms with Crippen LogP contribution in [0.5, 0.6) is 0 Å². The molecule has 4 heteroatoms. The number of thiophene rings is 1. The first-order valence-corrected chi connectivity index (χ1v) is 6.91. The SMILES string of the molecule is Sc1c(Br)c(CBr)cc2ccsc12. The summed E-state index contributed by atoms with van der Waals surface area (Å²) in [7, 11) is 0. The minimum absolute atomic E-state index is 0.854. The van der Waals surface area contributed by atoms with E-state index in [0.29, 0.717) is 0 Å². The molecule has 0 spiro atoms. The zero-order valence-corrected chi connectivity index (χ0v) is 11.4. The van der Waals surface area contributed by atoms with Crippen LogP contribution in [-0.2, 0) is 5.33 Å². The predicted molar refractivity (Wildman–Crippen MR) is 69.4 cm³/mol. The van der Waals surface area contributed by atoms with Gasteiger partial charge in [0.25, 0.3) is 0 Å². The number of hydrogen-bond acceptors (Lipinski definition) is 2. The molecule has 0 aliphatic rings. The normalized spacial score (nSPS) is 11.0. The van der Waals surface area contributed by atoms with Crippen molar-refractivity contribution in [2.75, 3.05) is 0 Å². The second-order valence-corrected chi connectivity index (χ2v) is 5.39. The molecule has 0 saturated heterocycles. The second kappa shape index (κ2) is 3.93. The van der Waals surface area contributed by atoms with Gasteiger partial charge in [-0.05, 0) is 44.4 Å². The molecule has 0 atom stereocenters. The molecule has 1 heterocycles. The highest BCUT2D eigenvalue weighted by molar-refractivity contribution is 9.10. The lowest BCUT2D eigenvalue weighted by Crippen LogP contribution is -1.82. The largest absolute Gasteiger partial charge is 0.143 e. The lowest BCUT2D eigenvalue weighted by molar-refractivity contribution is 1.36. The Morgan fingerprint density at radius 3 is 2.92 bits per heavy atom. The number of fused-ring (bicyclic) bond motifs is 1. The van der Waals surface area contributed by atoms with Gasteiger partial charge in [0.1, 0.15) is 0 Å². The van der Waals surface area contributed by atoms with E-state index in [1.54, 1.807) is 11.3 Å². The summed E-state index contributed by atoms with van der Waals surface area (Å²) >= 11 is 13.2. The van der Waals surface area contributed by atoms with Crippen LogP contribution in [-0.4, -0.2) is 0 Å². The summed E-state index contributed by atoms with van der Waals surface area (Å²) < 4.78 is 2.35. The minimum atomic E-state index is 0.854. The van der Waals surface area contributed by atoms with Crippen LogP contribution >= 0.6 is 55.8 Å². The monoisotopic (exact) mass is 336 g/mol. The van der Waals surface area contributed by atoms with Gasteiger partial charge < -0.3 is 0 Å². The molecule has 1 aromatic heterocycles. The van der Waals surface area contributed by atoms with Gasteiger partial charge in [-0.3, -0.25) is 0 Å². The fourth-order valence-corrected chi connectivity index (χ4v) is 3.89. The smallest absolute Gasteiger partial charge is 0.0487 e. The first-order chi connectivity index (χ1) is 6.24. The van der Waals surface area contributed by atoms with Gasteiger partial charge >= 0.3 is 0 Å². The summed E-state index contributed by atoms with van der Waals surface area (Å²) in [5.74, 6) is 0. The maximum Gasteiger partial charge on any atom is 0.0487 e. The van der Waals surface area contributed by atoms with Crippen molar-refractivity contribution in [3.63, 3.8) is 0 Å². The highest BCUT2D eigenvalue weighted by Gasteiger charge is 2.08. The third kappa shape index (κ3) is 1.69. The van der Waals surface area contributed by atoms with E-state index in [1.807, 2.05) is 0 Å². The molecule has 0 bridgehead atoms. The highest BCUT2D eigenvalue weighted by atomic mass is 79.9. The van der Waals surface area contributed by atoms with Gasteiger partial charge in [0.05, 0.1) is 0 Å². The van der Waals surface area contributed by atoms with Gasteiger partial charge in [-0.25, -0.2) is 0 Å². The topological polar surface area (TPSA) is 0 Å². The van der Waals surface area contributed by atoms with Crippen molar-refractivity contribution in [3.8, 4) is 0 Å². The first-order valence-electron chi connectivity index (χ1n) is 3.67. The predicted octanol–water partition coefficient (Wildman–Crippen LogP) is 4.85. The minimum Gasteiger partial charge on any atom is -0.143 e. The Kier molecular flexibility index (Phi) is 3.03. The first kappa shape index (κ1) is 10.0. The van der Waals surface area contributed by atoms with Crippen LogP contribution in [0.25, 0.3) is 10.1 Å². The average Bonchev–Trinajstić information content (AvgIpc) is 2.59. The van der Waals surface area contributed by atoms with Crippen molar-refractivity contribution in [1.29, 1.82) is 0 Å². The molecule has 0 N–H and O–H groups in total. The van der Waals surface area contributed by atoms with Crippen LogP contribution in [0, 0.1) is 0 Å². The molecule has 0 nitrogen and oxygen atoms in total. The van der Waals surface area contributed by atoms with Crippen LogP contribution in [0.4, 0.5) is 0 Å². The van der Waals surface area contributed by atoms with Crippen molar-refractivity contribution in [2.24, 2.45) is 0 Å². The summed E-state index contributed by atoms with van der Waals surface area (Å²) in [6, 6.07) is 4.31. The van der Waals surface area contributed by atoms with E-state index >= 15 is 0 Å². The third-order valence-corrected chi connectivity index (χ3v) is 5.24. The molecular weight excluding hydrogens is 332 g/mol. The van der Waals surface area contributed by atoms with Crippen molar-refractivity contribution >= 4 is 65.9 Å². The third-order valence-electron chi connectivity index (χ3n) is 1.87. The van der Waals surface area contributed by atoms with Crippen LogP contribution in [0.15, 0.2) is 26.9 Å². The van der Waals surface area contributed by atoms with E-state index < -0.39 is 0 Å². The molecule has 13 heavy (non-hydrogen) atoms. The number of hydrogen-bond donors (Lipinski definition) is 1. The van der Waals surface area contributed by atoms with Crippen LogP contribution in [0.1, 0.15) is 5.56 Å². The van der Waals surface area contributed by atoms with E-state index in [9.17, 15) is 0 Å². The summed E-state index contributed by atoms with van der Waals surface area (Å²) in [5, 5.41) is 4.22. The zero-order valence-electron chi connectivity index (χ0n) is 6.55. The molecule has 0 radical (unpaired) electrons. The summed E-state index contributed by atoms with van der Waals surface area (Å²) in [5.41, 5.74) is 1.25. The van der Waals surface area contributed by atoms with Crippen LogP contribution in [0.3, 0.4) is 0 Å². The van der Waals surface area contributed by atoms with Crippen molar-refractivity contribution in [1.82, 2.24) is 0 Å². The summed E-state index contributed by atoms with van der Waals surface area (Å²) in [6.45, 7) is 0. The molecule has 2 rings (SSSR count). The van der Waals surface area contributed by atoms with E-state index in [0.717, 1.165) is 14.7 Å². The van der Waals surface area contributed by atoms with E-state index in [-0.39, 0.29) is 0 Å². The molecule has 0 fully saturated rings. The number of halogens is 2. The molecule has 0 unspecified atom stereocenters. The van der Waals surface area contributed by atoms with Crippen LogP contribution < -0.4 is 0 Å². The van der Waals surface area contributed by atoms with Gasteiger partial charge in [0.15, 0.2) is 0 Å². The zero-order chi connectivity index (χ0) is 9.42. The molecule has 2 aromatic rings. The Labute approximate surface area is 103 Å². The molecule has 1 aromatic carbocycles. The van der Waals surface area contributed by atoms with Gasteiger partial charge in [0.2, 0.25) is 0 Å². The molecule has 0 aliphatic carbocycles. The molecular formula is C9H6Br2S2. The molecule has 0 aliphatic heterocycles. The summed E-state index contributed by atoms with van der Waals surface area (Å²) in [4.78, 5) is 1.04. The quantitative estimate of drug-likeness (QED) is 0.558. The van der Waals surface area contributed by atoms with E-state index in [2.05, 4.69) is 62.0 Å². The number of alkyl halides is 1. The Hall–Kier alpha value is 0.490. The molecule has 0 amide bonds. The van der Waals surface area contributed by atoms with Gasteiger partial charge in [-0.1, -0.05) is 15.9 Å². The fourth-order valence-electron chi connectivity index (χ4n) is 1.23. The van der Waals surface area contributed by atoms with E-state index in [1.165, 1.54) is 15.6 Å². The highest BCUT2D eigenvalue weighted by Crippen LogP contribution is 2.36. The maximum atomic E-state index is 4.50. The number of benzene rings is 1. The van der Waals surface area contributed by atoms with E-state index in [4.69, 9.17) is 0 Å². The van der Waals surface area contributed by atoms with Gasteiger partial charge in [-0.2, -0.15) is 0 Å². The summed E-state index contributed by atoms with van der Waals surface area (Å²) in [6.07, 6.45) is 0. The van der Waals surface area contributed by atoms with Crippen LogP contribution in [0.2, 0.25) is 0 Å². The van der Waals surface area contributed by atoms with Gasteiger partial charge in [0, 0.05) is 19.4 Å². The average molecular weight is 338 g/mol. The Morgan fingerprint density at radius 1 is 1.46 bits per heavy atom. The second-order valence-electron chi connectivity index (χ2n) is 2.67. The number of thiol groups is 1. The van der Waals surface area contributed by atoms with Gasteiger partial charge in [-0.15, -0.1) is 24.0 Å². The standard InChI is InChI=1S/C9H6Br2S2/c10-4-6-3-5-1-2-13-9(5)8(12)7(6)11/h1-3,12H,4H2. The molecule has 68 valence electrons. The Bertz CT molecular complexity index is 448. The maximum absolute atomic E-state index is 4.50.